The Bertz CT molecular complexity index is 473. The first kappa shape index (κ1) is 14.4. The van der Waals surface area contributed by atoms with Crippen molar-refractivity contribution in [2.75, 3.05) is 44.2 Å². The van der Waals surface area contributed by atoms with Gasteiger partial charge in [-0.05, 0) is 50.8 Å². The number of piperidine rings is 1. The summed E-state index contributed by atoms with van der Waals surface area (Å²) in [6.45, 7) is 6.66. The van der Waals surface area contributed by atoms with E-state index in [9.17, 15) is 0 Å². The normalized spacial score (nSPS) is 28.5. The van der Waals surface area contributed by atoms with Crippen molar-refractivity contribution < 1.29 is 4.74 Å². The molecule has 0 saturated carbocycles. The Morgan fingerprint density at radius 2 is 1.91 bits per heavy atom. The molecule has 0 N–H and O–H groups in total. The van der Waals surface area contributed by atoms with Gasteiger partial charge < -0.3 is 14.5 Å². The van der Waals surface area contributed by atoms with E-state index in [1.165, 1.54) is 51.7 Å². The maximum Gasteiger partial charge on any atom is 0.225 e. The largest absolute Gasteiger partial charge is 0.371 e. The molecule has 0 bridgehead atoms. The van der Waals surface area contributed by atoms with Crippen molar-refractivity contribution in [2.45, 2.75) is 37.7 Å². The highest BCUT2D eigenvalue weighted by atomic mass is 16.5. The van der Waals surface area contributed by atoms with Crippen LogP contribution >= 0.6 is 0 Å². The molecule has 3 aliphatic heterocycles. The highest BCUT2D eigenvalue weighted by Gasteiger charge is 2.47. The van der Waals surface area contributed by atoms with Gasteiger partial charge in [0.2, 0.25) is 5.95 Å². The van der Waals surface area contributed by atoms with Crippen LogP contribution in [-0.2, 0) is 4.74 Å². The molecule has 1 spiro atoms. The molecule has 0 aliphatic carbocycles. The summed E-state index contributed by atoms with van der Waals surface area (Å²) < 4.78 is 6.28. The van der Waals surface area contributed by atoms with Crippen molar-refractivity contribution in [1.82, 2.24) is 14.9 Å². The fraction of sp³-hybridized carbons (Fsp3) is 0.765. The van der Waals surface area contributed by atoms with E-state index in [1.807, 2.05) is 18.5 Å². The first-order chi connectivity index (χ1) is 10.8. The monoisotopic (exact) mass is 302 g/mol. The highest BCUT2D eigenvalue weighted by Crippen LogP contribution is 2.37. The first-order valence-corrected chi connectivity index (χ1v) is 8.71. The van der Waals surface area contributed by atoms with E-state index >= 15 is 0 Å². The third-order valence-electron chi connectivity index (χ3n) is 5.39. The predicted molar refractivity (Wildman–Crippen MR) is 85.9 cm³/mol. The number of likely N-dealkylation sites (tertiary alicyclic amines) is 1. The van der Waals surface area contributed by atoms with Gasteiger partial charge in [-0.2, -0.15) is 0 Å². The molecule has 1 aromatic rings. The number of hydrogen-bond acceptors (Lipinski definition) is 5. The molecule has 120 valence electrons. The molecule has 5 nitrogen and oxygen atoms in total. The fourth-order valence-electron chi connectivity index (χ4n) is 4.06. The SMILES string of the molecule is c1cnc(N2CC3(CCC(CN4CCCCC4)CO3)C2)nc1. The second kappa shape index (κ2) is 6.13. The molecular formula is C17H26N4O. The van der Waals surface area contributed by atoms with Gasteiger partial charge in [0.25, 0.3) is 0 Å². The van der Waals surface area contributed by atoms with Crippen LogP contribution in [0.15, 0.2) is 18.5 Å². The molecule has 4 heterocycles. The Morgan fingerprint density at radius 1 is 1.14 bits per heavy atom. The van der Waals surface area contributed by atoms with Gasteiger partial charge in [-0.25, -0.2) is 9.97 Å². The minimum absolute atomic E-state index is 0.0810. The summed E-state index contributed by atoms with van der Waals surface area (Å²) in [5.74, 6) is 1.57. The lowest BCUT2D eigenvalue weighted by Gasteiger charge is -2.53. The van der Waals surface area contributed by atoms with Crippen LogP contribution in [0, 0.1) is 5.92 Å². The van der Waals surface area contributed by atoms with Gasteiger partial charge in [0, 0.05) is 18.9 Å². The van der Waals surface area contributed by atoms with Crippen LogP contribution in [0.5, 0.6) is 0 Å². The third kappa shape index (κ3) is 2.97. The smallest absolute Gasteiger partial charge is 0.225 e. The molecular weight excluding hydrogens is 276 g/mol. The van der Waals surface area contributed by atoms with E-state index < -0.39 is 0 Å². The van der Waals surface area contributed by atoms with Crippen molar-refractivity contribution in [3.05, 3.63) is 18.5 Å². The number of ether oxygens (including phenoxy) is 1. The summed E-state index contributed by atoms with van der Waals surface area (Å²) in [7, 11) is 0. The van der Waals surface area contributed by atoms with Crippen molar-refractivity contribution in [1.29, 1.82) is 0 Å². The second-order valence-corrected chi connectivity index (χ2v) is 7.16. The molecule has 3 fully saturated rings. The molecule has 1 atom stereocenters. The molecule has 22 heavy (non-hydrogen) atoms. The van der Waals surface area contributed by atoms with Crippen LogP contribution in [0.3, 0.4) is 0 Å². The molecule has 3 aliphatic rings. The molecule has 4 rings (SSSR count). The van der Waals surface area contributed by atoms with Crippen LogP contribution in [0.25, 0.3) is 0 Å². The quantitative estimate of drug-likeness (QED) is 0.853. The van der Waals surface area contributed by atoms with Gasteiger partial charge in [-0.3, -0.25) is 0 Å². The van der Waals surface area contributed by atoms with E-state index in [-0.39, 0.29) is 5.60 Å². The molecule has 0 aromatic carbocycles. The zero-order chi connectivity index (χ0) is 14.8. The summed E-state index contributed by atoms with van der Waals surface area (Å²) >= 11 is 0. The molecule has 0 amide bonds. The molecule has 1 unspecified atom stereocenters. The van der Waals surface area contributed by atoms with Crippen molar-refractivity contribution in [2.24, 2.45) is 5.92 Å². The van der Waals surface area contributed by atoms with Gasteiger partial charge in [-0.15, -0.1) is 0 Å². The number of hydrogen-bond donors (Lipinski definition) is 0. The van der Waals surface area contributed by atoms with E-state index in [4.69, 9.17) is 4.74 Å². The van der Waals surface area contributed by atoms with Gasteiger partial charge in [0.15, 0.2) is 0 Å². The van der Waals surface area contributed by atoms with Crippen molar-refractivity contribution >= 4 is 5.95 Å². The number of aromatic nitrogens is 2. The zero-order valence-electron chi connectivity index (χ0n) is 13.3. The van der Waals surface area contributed by atoms with Crippen LogP contribution in [0.4, 0.5) is 5.95 Å². The lowest BCUT2D eigenvalue weighted by atomic mass is 9.83. The molecule has 0 radical (unpaired) electrons. The summed E-state index contributed by atoms with van der Waals surface area (Å²) in [5.41, 5.74) is 0.0810. The lowest BCUT2D eigenvalue weighted by Crippen LogP contribution is -2.65. The van der Waals surface area contributed by atoms with E-state index in [0.717, 1.165) is 31.6 Å². The minimum Gasteiger partial charge on any atom is -0.371 e. The Kier molecular flexibility index (Phi) is 4.01. The summed E-state index contributed by atoms with van der Waals surface area (Å²) in [6.07, 6.45) is 10.3. The molecule has 5 heteroatoms. The maximum atomic E-state index is 6.28. The Balaban J connectivity index is 1.25. The van der Waals surface area contributed by atoms with Crippen molar-refractivity contribution in [3.63, 3.8) is 0 Å². The van der Waals surface area contributed by atoms with Gasteiger partial charge >= 0.3 is 0 Å². The molecule has 1 aromatic heterocycles. The zero-order valence-corrected chi connectivity index (χ0v) is 13.3. The Morgan fingerprint density at radius 3 is 2.59 bits per heavy atom. The molecule has 3 saturated heterocycles. The van der Waals surface area contributed by atoms with Gasteiger partial charge in [0.1, 0.15) is 5.60 Å². The van der Waals surface area contributed by atoms with E-state index in [0.29, 0.717) is 0 Å². The second-order valence-electron chi connectivity index (χ2n) is 7.16. The highest BCUT2D eigenvalue weighted by molar-refractivity contribution is 5.36. The van der Waals surface area contributed by atoms with Crippen LogP contribution in [-0.4, -0.2) is 59.8 Å². The average Bonchev–Trinajstić information content (AvgIpc) is 2.55. The summed E-state index contributed by atoms with van der Waals surface area (Å²) in [4.78, 5) is 13.5. The van der Waals surface area contributed by atoms with Gasteiger partial charge in [0.05, 0.1) is 19.7 Å². The number of rotatable bonds is 3. The standard InChI is InChI=1S/C17H26N4O/c1-2-9-20(10-3-1)11-15-5-6-17(22-12-15)13-21(14-17)16-18-7-4-8-19-16/h4,7-8,15H,1-3,5-6,9-14H2. The van der Waals surface area contributed by atoms with E-state index in [2.05, 4.69) is 19.8 Å². The average molecular weight is 302 g/mol. The third-order valence-corrected chi connectivity index (χ3v) is 5.39. The maximum absolute atomic E-state index is 6.28. The van der Waals surface area contributed by atoms with Gasteiger partial charge in [-0.1, -0.05) is 6.42 Å². The first-order valence-electron chi connectivity index (χ1n) is 8.71. The minimum atomic E-state index is 0.0810. The number of nitrogens with zero attached hydrogens (tertiary/aromatic N) is 4. The summed E-state index contributed by atoms with van der Waals surface area (Å²) in [6, 6.07) is 1.86. The Labute approximate surface area is 132 Å². The van der Waals surface area contributed by atoms with Crippen LogP contribution < -0.4 is 4.90 Å². The fourth-order valence-corrected chi connectivity index (χ4v) is 4.06. The number of anilines is 1. The van der Waals surface area contributed by atoms with Crippen LogP contribution in [0.2, 0.25) is 0 Å². The van der Waals surface area contributed by atoms with Crippen LogP contribution in [0.1, 0.15) is 32.1 Å². The lowest BCUT2D eigenvalue weighted by molar-refractivity contribution is -0.120. The predicted octanol–water partition coefficient (Wildman–Crippen LogP) is 1.95. The van der Waals surface area contributed by atoms with E-state index in [1.54, 1.807) is 0 Å². The van der Waals surface area contributed by atoms with Crippen molar-refractivity contribution in [3.8, 4) is 0 Å². The summed E-state index contributed by atoms with van der Waals surface area (Å²) in [5, 5.41) is 0. The Hall–Kier alpha value is -1.20. The topological polar surface area (TPSA) is 41.5 Å².